The smallest absolute Gasteiger partial charge is 0.256 e. The number of benzene rings is 1. The van der Waals surface area contributed by atoms with Crippen LogP contribution in [0.1, 0.15) is 10.4 Å². The normalized spacial score (nSPS) is 16.2. The molecule has 0 bridgehead atoms. The van der Waals surface area contributed by atoms with E-state index >= 15 is 0 Å². The third kappa shape index (κ3) is 2.36. The van der Waals surface area contributed by atoms with Gasteiger partial charge in [0.2, 0.25) is 0 Å². The molecule has 0 atom stereocenters. The average molecular weight is 285 g/mol. The highest BCUT2D eigenvalue weighted by Gasteiger charge is 2.20. The van der Waals surface area contributed by atoms with E-state index in [4.69, 9.17) is 10.5 Å². The molecule has 16 heavy (non-hydrogen) atoms. The van der Waals surface area contributed by atoms with Gasteiger partial charge in [0.1, 0.15) is 0 Å². The lowest BCUT2D eigenvalue weighted by Crippen LogP contribution is -2.40. The second kappa shape index (κ2) is 4.84. The number of morpholine rings is 1. The topological polar surface area (TPSA) is 55.6 Å². The number of ether oxygens (including phenoxy) is 1. The molecule has 4 nitrogen and oxygen atoms in total. The van der Waals surface area contributed by atoms with E-state index in [2.05, 4.69) is 15.9 Å². The first kappa shape index (κ1) is 11.4. The minimum Gasteiger partial charge on any atom is -0.398 e. The lowest BCUT2D eigenvalue weighted by Gasteiger charge is -2.27. The van der Waals surface area contributed by atoms with Gasteiger partial charge >= 0.3 is 0 Å². The second-order valence-corrected chi connectivity index (χ2v) is 4.55. The van der Waals surface area contributed by atoms with E-state index in [1.165, 1.54) is 0 Å². The van der Waals surface area contributed by atoms with E-state index in [0.29, 0.717) is 37.6 Å². The summed E-state index contributed by atoms with van der Waals surface area (Å²) in [5.41, 5.74) is 6.89. The van der Waals surface area contributed by atoms with Crippen LogP contribution in [-0.4, -0.2) is 37.1 Å². The summed E-state index contributed by atoms with van der Waals surface area (Å²) in [5.74, 6) is -0.0201. The van der Waals surface area contributed by atoms with Gasteiger partial charge in [-0.05, 0) is 18.2 Å². The van der Waals surface area contributed by atoms with Crippen molar-refractivity contribution in [1.82, 2.24) is 4.90 Å². The Bertz CT molecular complexity index is 403. The summed E-state index contributed by atoms with van der Waals surface area (Å²) in [7, 11) is 0. The van der Waals surface area contributed by atoms with Crippen molar-refractivity contribution in [1.29, 1.82) is 0 Å². The minimum atomic E-state index is -0.0201. The molecule has 1 aromatic rings. The van der Waals surface area contributed by atoms with Crippen LogP contribution in [0.15, 0.2) is 22.7 Å². The number of carbonyl (C=O) groups is 1. The second-order valence-electron chi connectivity index (χ2n) is 3.64. The van der Waals surface area contributed by atoms with Gasteiger partial charge in [0, 0.05) is 23.2 Å². The van der Waals surface area contributed by atoms with Crippen LogP contribution in [-0.2, 0) is 4.74 Å². The number of anilines is 1. The average Bonchev–Trinajstić information content (AvgIpc) is 2.29. The largest absolute Gasteiger partial charge is 0.398 e. The third-order valence-corrected chi connectivity index (χ3v) is 3.04. The molecular weight excluding hydrogens is 272 g/mol. The van der Waals surface area contributed by atoms with Gasteiger partial charge in [-0.25, -0.2) is 0 Å². The highest BCUT2D eigenvalue weighted by atomic mass is 79.9. The van der Waals surface area contributed by atoms with Crippen LogP contribution in [0.2, 0.25) is 0 Å². The van der Waals surface area contributed by atoms with E-state index in [-0.39, 0.29) is 5.91 Å². The predicted octanol–water partition coefficient (Wildman–Crippen LogP) is 1.50. The van der Waals surface area contributed by atoms with Gasteiger partial charge in [0.25, 0.3) is 5.91 Å². The molecule has 1 aromatic carbocycles. The third-order valence-electron chi connectivity index (χ3n) is 2.54. The monoisotopic (exact) mass is 284 g/mol. The van der Waals surface area contributed by atoms with Gasteiger partial charge in [-0.3, -0.25) is 4.79 Å². The maximum absolute atomic E-state index is 12.1. The van der Waals surface area contributed by atoms with E-state index in [1.54, 1.807) is 17.0 Å². The fourth-order valence-electron chi connectivity index (χ4n) is 1.67. The minimum absolute atomic E-state index is 0.0201. The van der Waals surface area contributed by atoms with E-state index in [9.17, 15) is 4.79 Å². The van der Waals surface area contributed by atoms with E-state index in [0.717, 1.165) is 4.47 Å². The van der Waals surface area contributed by atoms with Crippen molar-refractivity contribution >= 4 is 27.5 Å². The van der Waals surface area contributed by atoms with Gasteiger partial charge in [0.15, 0.2) is 0 Å². The molecule has 1 amide bonds. The number of nitrogen functional groups attached to an aromatic ring is 1. The Morgan fingerprint density at radius 1 is 1.38 bits per heavy atom. The molecular formula is C11H13BrN2O2. The number of hydrogen-bond acceptors (Lipinski definition) is 3. The predicted molar refractivity (Wildman–Crippen MR) is 65.3 cm³/mol. The number of amides is 1. The lowest BCUT2D eigenvalue weighted by molar-refractivity contribution is 0.0303. The van der Waals surface area contributed by atoms with Gasteiger partial charge in [0.05, 0.1) is 18.8 Å². The molecule has 2 N–H and O–H groups in total. The van der Waals surface area contributed by atoms with Crippen molar-refractivity contribution in [2.24, 2.45) is 0 Å². The van der Waals surface area contributed by atoms with Gasteiger partial charge < -0.3 is 15.4 Å². The maximum atomic E-state index is 12.1. The first-order valence-corrected chi connectivity index (χ1v) is 5.90. The number of nitrogens with zero attached hydrogens (tertiary/aromatic N) is 1. The van der Waals surface area contributed by atoms with E-state index in [1.807, 2.05) is 6.07 Å². The molecule has 1 saturated heterocycles. The molecule has 0 radical (unpaired) electrons. The Hall–Kier alpha value is -1.07. The molecule has 0 saturated carbocycles. The Balaban J connectivity index is 2.19. The van der Waals surface area contributed by atoms with Crippen LogP contribution in [0.5, 0.6) is 0 Å². The summed E-state index contributed by atoms with van der Waals surface area (Å²) in [6, 6.07) is 5.31. The first-order chi connectivity index (χ1) is 7.68. The van der Waals surface area contributed by atoms with Gasteiger partial charge in [-0.2, -0.15) is 0 Å². The summed E-state index contributed by atoms with van der Waals surface area (Å²) < 4.78 is 6.08. The number of nitrogens with two attached hydrogens (primary N) is 1. The number of halogens is 1. The van der Waals surface area contributed by atoms with Crippen molar-refractivity contribution in [2.75, 3.05) is 32.0 Å². The SMILES string of the molecule is Nc1cc(Br)ccc1C(=O)N1CCOCC1. The molecule has 2 rings (SSSR count). The van der Waals surface area contributed by atoms with Crippen LogP contribution in [0.4, 0.5) is 5.69 Å². The quantitative estimate of drug-likeness (QED) is 0.796. The van der Waals surface area contributed by atoms with Crippen molar-refractivity contribution in [2.45, 2.75) is 0 Å². The summed E-state index contributed by atoms with van der Waals surface area (Å²) in [5, 5.41) is 0. The zero-order chi connectivity index (χ0) is 11.5. The zero-order valence-electron chi connectivity index (χ0n) is 8.78. The molecule has 1 fully saturated rings. The van der Waals surface area contributed by atoms with Gasteiger partial charge in [-0.1, -0.05) is 15.9 Å². The Labute approximate surface area is 102 Å². The molecule has 0 spiro atoms. The molecule has 1 aliphatic rings. The number of hydrogen-bond donors (Lipinski definition) is 1. The highest BCUT2D eigenvalue weighted by molar-refractivity contribution is 9.10. The molecule has 5 heteroatoms. The van der Waals surface area contributed by atoms with Crippen LogP contribution in [0, 0.1) is 0 Å². The van der Waals surface area contributed by atoms with Crippen molar-refractivity contribution in [3.63, 3.8) is 0 Å². The Morgan fingerprint density at radius 2 is 2.06 bits per heavy atom. The summed E-state index contributed by atoms with van der Waals surface area (Å²) in [6.07, 6.45) is 0. The molecule has 0 unspecified atom stereocenters. The Kier molecular flexibility index (Phi) is 3.46. The standard InChI is InChI=1S/C11H13BrN2O2/c12-8-1-2-9(10(13)7-8)11(15)14-3-5-16-6-4-14/h1-2,7H,3-6,13H2. The summed E-state index contributed by atoms with van der Waals surface area (Å²) in [6.45, 7) is 2.47. The van der Waals surface area contributed by atoms with Crippen molar-refractivity contribution in [3.8, 4) is 0 Å². The van der Waals surface area contributed by atoms with Crippen LogP contribution in [0.3, 0.4) is 0 Å². The summed E-state index contributed by atoms with van der Waals surface area (Å²) >= 11 is 3.32. The van der Waals surface area contributed by atoms with Crippen molar-refractivity contribution < 1.29 is 9.53 Å². The fourth-order valence-corrected chi connectivity index (χ4v) is 2.04. The Morgan fingerprint density at radius 3 is 2.69 bits per heavy atom. The molecule has 86 valence electrons. The molecule has 1 aliphatic heterocycles. The molecule has 0 aromatic heterocycles. The van der Waals surface area contributed by atoms with Crippen LogP contribution < -0.4 is 5.73 Å². The maximum Gasteiger partial charge on any atom is 0.256 e. The highest BCUT2D eigenvalue weighted by Crippen LogP contribution is 2.20. The molecule has 1 heterocycles. The molecule has 0 aliphatic carbocycles. The van der Waals surface area contributed by atoms with Crippen molar-refractivity contribution in [3.05, 3.63) is 28.2 Å². The number of carbonyl (C=O) groups excluding carboxylic acids is 1. The summed E-state index contributed by atoms with van der Waals surface area (Å²) in [4.78, 5) is 13.9. The first-order valence-electron chi connectivity index (χ1n) is 5.10. The lowest BCUT2D eigenvalue weighted by atomic mass is 10.1. The van der Waals surface area contributed by atoms with E-state index < -0.39 is 0 Å². The van der Waals surface area contributed by atoms with Crippen LogP contribution >= 0.6 is 15.9 Å². The van der Waals surface area contributed by atoms with Gasteiger partial charge in [-0.15, -0.1) is 0 Å². The zero-order valence-corrected chi connectivity index (χ0v) is 10.4. The number of rotatable bonds is 1. The van der Waals surface area contributed by atoms with Crippen LogP contribution in [0.25, 0.3) is 0 Å². The fraction of sp³-hybridized carbons (Fsp3) is 0.364.